The molecule has 4 nitrogen and oxygen atoms in total. The molecule has 2 aromatic carbocycles. The van der Waals surface area contributed by atoms with Crippen LogP contribution >= 0.6 is 36.2 Å². The van der Waals surface area contributed by atoms with E-state index in [1.165, 1.54) is 10.3 Å². The van der Waals surface area contributed by atoms with Gasteiger partial charge in [-0.1, -0.05) is 42.5 Å². The predicted molar refractivity (Wildman–Crippen MR) is 125 cm³/mol. The van der Waals surface area contributed by atoms with Crippen LogP contribution in [0.1, 0.15) is 29.3 Å². The van der Waals surface area contributed by atoms with Crippen molar-refractivity contribution in [3.8, 4) is 0 Å². The number of nitrogens with two attached hydrogens (primary N) is 1. The maximum atomic E-state index is 12.7. The fourth-order valence-electron chi connectivity index (χ4n) is 3.97. The zero-order valence-corrected chi connectivity index (χ0v) is 18.6. The molecule has 1 aliphatic heterocycles. The molecule has 1 aromatic heterocycles. The monoisotopic (exact) mass is 451 g/mol. The van der Waals surface area contributed by atoms with Crippen LogP contribution in [0.15, 0.2) is 54.6 Å². The Balaban J connectivity index is 0.00000150. The van der Waals surface area contributed by atoms with Crippen LogP contribution in [0, 0.1) is 5.92 Å². The van der Waals surface area contributed by atoms with E-state index < -0.39 is 0 Å². The molecular weight excluding hydrogens is 425 g/mol. The number of rotatable bonds is 6. The van der Waals surface area contributed by atoms with E-state index in [1.807, 2.05) is 29.2 Å². The molecule has 2 N–H and O–H groups in total. The Hall–Kier alpha value is -1.66. The van der Waals surface area contributed by atoms with Crippen LogP contribution in [0.2, 0.25) is 0 Å². The van der Waals surface area contributed by atoms with E-state index in [4.69, 9.17) is 5.73 Å². The van der Waals surface area contributed by atoms with E-state index in [0.717, 1.165) is 36.5 Å². The van der Waals surface area contributed by atoms with Gasteiger partial charge in [0.05, 0.1) is 15.2 Å². The van der Waals surface area contributed by atoms with Crippen LogP contribution in [0.25, 0.3) is 10.2 Å². The van der Waals surface area contributed by atoms with Crippen molar-refractivity contribution in [3.63, 3.8) is 0 Å². The SMILES string of the molecule is Cl.Cl.NC[C@@H]1CN(C(=O)CCCc2nc3ccccc3s2)C[C@H]1c1ccccc1. The second-order valence-corrected chi connectivity index (χ2v) is 8.36. The van der Waals surface area contributed by atoms with Crippen molar-refractivity contribution in [3.05, 3.63) is 65.2 Å². The van der Waals surface area contributed by atoms with Gasteiger partial charge in [-0.3, -0.25) is 4.79 Å². The molecule has 29 heavy (non-hydrogen) atoms. The fourth-order valence-corrected chi connectivity index (χ4v) is 4.98. The lowest BCUT2D eigenvalue weighted by Crippen LogP contribution is -2.29. The number of fused-ring (bicyclic) bond motifs is 1. The van der Waals surface area contributed by atoms with E-state index >= 15 is 0 Å². The van der Waals surface area contributed by atoms with Crippen molar-refractivity contribution in [1.82, 2.24) is 9.88 Å². The highest BCUT2D eigenvalue weighted by atomic mass is 35.5. The van der Waals surface area contributed by atoms with Crippen molar-refractivity contribution >= 4 is 52.3 Å². The Morgan fingerprint density at radius 2 is 1.79 bits per heavy atom. The van der Waals surface area contributed by atoms with Crippen LogP contribution in [0.4, 0.5) is 0 Å². The summed E-state index contributed by atoms with van der Waals surface area (Å²) in [7, 11) is 0. The van der Waals surface area contributed by atoms with Crippen LogP contribution in [0.5, 0.6) is 0 Å². The fraction of sp³-hybridized carbons (Fsp3) is 0.364. The van der Waals surface area contributed by atoms with Crippen molar-refractivity contribution in [1.29, 1.82) is 0 Å². The highest BCUT2D eigenvalue weighted by Gasteiger charge is 2.34. The average Bonchev–Trinajstić information content (AvgIpc) is 3.32. The van der Waals surface area contributed by atoms with Crippen LogP contribution in [-0.4, -0.2) is 35.4 Å². The molecule has 7 heteroatoms. The summed E-state index contributed by atoms with van der Waals surface area (Å²) in [5.74, 6) is 0.943. The van der Waals surface area contributed by atoms with Gasteiger partial charge in [-0.2, -0.15) is 0 Å². The van der Waals surface area contributed by atoms with E-state index in [9.17, 15) is 4.79 Å². The minimum absolute atomic E-state index is 0. The summed E-state index contributed by atoms with van der Waals surface area (Å²) in [6.45, 7) is 2.18. The lowest BCUT2D eigenvalue weighted by molar-refractivity contribution is -0.130. The summed E-state index contributed by atoms with van der Waals surface area (Å²) in [5, 5.41) is 1.12. The number of likely N-dealkylation sites (tertiary alicyclic amines) is 1. The number of carbonyl (C=O) groups excluding carboxylic acids is 1. The lowest BCUT2D eigenvalue weighted by Gasteiger charge is -2.16. The predicted octanol–water partition coefficient (Wildman–Crippen LogP) is 4.66. The highest BCUT2D eigenvalue weighted by Crippen LogP contribution is 2.32. The number of amides is 1. The molecular formula is C22H27Cl2N3OS. The Morgan fingerprint density at radius 1 is 1.07 bits per heavy atom. The van der Waals surface area contributed by atoms with E-state index in [2.05, 4.69) is 35.3 Å². The van der Waals surface area contributed by atoms with E-state index in [0.29, 0.717) is 24.8 Å². The largest absolute Gasteiger partial charge is 0.342 e. The van der Waals surface area contributed by atoms with Gasteiger partial charge in [0, 0.05) is 25.4 Å². The van der Waals surface area contributed by atoms with Crippen molar-refractivity contribution in [2.24, 2.45) is 11.7 Å². The highest BCUT2D eigenvalue weighted by molar-refractivity contribution is 7.18. The molecule has 1 fully saturated rings. The number of carbonyl (C=O) groups is 1. The quantitative estimate of drug-likeness (QED) is 0.592. The van der Waals surface area contributed by atoms with Crippen molar-refractivity contribution < 1.29 is 4.79 Å². The van der Waals surface area contributed by atoms with Crippen molar-refractivity contribution in [2.45, 2.75) is 25.2 Å². The average molecular weight is 452 g/mol. The number of benzene rings is 2. The summed E-state index contributed by atoms with van der Waals surface area (Å²) >= 11 is 1.73. The number of para-hydroxylation sites is 1. The molecule has 0 radical (unpaired) electrons. The van der Waals surface area contributed by atoms with Gasteiger partial charge >= 0.3 is 0 Å². The van der Waals surface area contributed by atoms with Crippen LogP contribution in [-0.2, 0) is 11.2 Å². The molecule has 1 amide bonds. The first-order valence-corrected chi connectivity index (χ1v) is 10.4. The zero-order valence-electron chi connectivity index (χ0n) is 16.2. The molecule has 0 unspecified atom stereocenters. The molecule has 0 spiro atoms. The molecule has 0 saturated carbocycles. The van der Waals surface area contributed by atoms with Gasteiger partial charge in [0.25, 0.3) is 0 Å². The number of aromatic nitrogens is 1. The van der Waals surface area contributed by atoms with Crippen molar-refractivity contribution in [2.75, 3.05) is 19.6 Å². The third kappa shape index (κ3) is 5.48. The van der Waals surface area contributed by atoms with Crippen LogP contribution < -0.4 is 5.73 Å². The second-order valence-electron chi connectivity index (χ2n) is 7.24. The topological polar surface area (TPSA) is 59.2 Å². The summed E-state index contributed by atoms with van der Waals surface area (Å²) in [6.07, 6.45) is 2.29. The molecule has 4 rings (SSSR count). The maximum Gasteiger partial charge on any atom is 0.222 e. The first-order valence-electron chi connectivity index (χ1n) is 9.62. The summed E-state index contributed by atoms with van der Waals surface area (Å²) in [6, 6.07) is 18.6. The molecule has 1 aliphatic rings. The first-order chi connectivity index (χ1) is 13.2. The summed E-state index contributed by atoms with van der Waals surface area (Å²) < 4.78 is 1.22. The second kappa shape index (κ2) is 10.9. The number of aryl methyl sites for hydroxylation is 1. The molecule has 3 aromatic rings. The third-order valence-corrected chi connectivity index (χ3v) is 6.54. The smallest absolute Gasteiger partial charge is 0.222 e. The zero-order chi connectivity index (χ0) is 18.6. The van der Waals surface area contributed by atoms with Gasteiger partial charge in [-0.25, -0.2) is 4.98 Å². The van der Waals surface area contributed by atoms with Crippen LogP contribution in [0.3, 0.4) is 0 Å². The molecule has 1 saturated heterocycles. The van der Waals surface area contributed by atoms with E-state index in [1.54, 1.807) is 11.3 Å². The van der Waals surface area contributed by atoms with Gasteiger partial charge < -0.3 is 10.6 Å². The number of nitrogens with zero attached hydrogens (tertiary/aromatic N) is 2. The molecule has 0 aliphatic carbocycles. The lowest BCUT2D eigenvalue weighted by atomic mass is 9.89. The minimum atomic E-state index is 0. The number of hydrogen-bond donors (Lipinski definition) is 1. The standard InChI is InChI=1S/C22H25N3OS.2ClH/c23-13-17-14-25(15-18(17)16-7-2-1-3-8-16)22(26)12-6-11-21-24-19-9-4-5-10-20(19)27-21;;/h1-5,7-10,17-18H,6,11-15,23H2;2*1H/t17-,18+;;/m1../s1. The molecule has 0 bridgehead atoms. The maximum absolute atomic E-state index is 12.7. The Labute approximate surface area is 188 Å². The van der Waals surface area contributed by atoms with E-state index in [-0.39, 0.29) is 30.7 Å². The Kier molecular flexibility index (Phi) is 8.90. The Morgan fingerprint density at radius 3 is 2.52 bits per heavy atom. The Bertz CT molecular complexity index is 886. The van der Waals surface area contributed by atoms with Gasteiger partial charge in [0.15, 0.2) is 0 Å². The summed E-state index contributed by atoms with van der Waals surface area (Å²) in [5.41, 5.74) is 8.34. The summed E-state index contributed by atoms with van der Waals surface area (Å²) in [4.78, 5) is 19.4. The molecule has 2 atom stereocenters. The first kappa shape index (κ1) is 23.6. The molecule has 156 valence electrons. The molecule has 2 heterocycles. The minimum Gasteiger partial charge on any atom is -0.342 e. The van der Waals surface area contributed by atoms with Gasteiger partial charge in [-0.05, 0) is 43.0 Å². The number of hydrogen-bond acceptors (Lipinski definition) is 4. The van der Waals surface area contributed by atoms with Gasteiger partial charge in [-0.15, -0.1) is 36.2 Å². The normalized spacial score (nSPS) is 18.3. The van der Waals surface area contributed by atoms with Gasteiger partial charge in [0.1, 0.15) is 0 Å². The van der Waals surface area contributed by atoms with Gasteiger partial charge in [0.2, 0.25) is 5.91 Å². The number of thiazole rings is 1. The number of halogens is 2. The third-order valence-electron chi connectivity index (χ3n) is 5.44.